The first-order valence-corrected chi connectivity index (χ1v) is 13.9. The number of aromatic nitrogens is 1. The molecule has 2 fully saturated rings. The van der Waals surface area contributed by atoms with Crippen molar-refractivity contribution >= 4 is 22.1 Å². The summed E-state index contributed by atoms with van der Waals surface area (Å²) >= 11 is 0. The molecule has 11 heteroatoms. The maximum Gasteiger partial charge on any atom is 0.409 e. The number of amidine groups is 1. The lowest BCUT2D eigenvalue weighted by Gasteiger charge is -2.39. The van der Waals surface area contributed by atoms with Crippen molar-refractivity contribution in [2.75, 3.05) is 20.2 Å². The van der Waals surface area contributed by atoms with Gasteiger partial charge in [-0.1, -0.05) is 31.7 Å². The van der Waals surface area contributed by atoms with E-state index in [0.29, 0.717) is 18.7 Å². The molecule has 0 aliphatic carbocycles. The van der Waals surface area contributed by atoms with E-state index in [0.717, 1.165) is 24.1 Å². The van der Waals surface area contributed by atoms with Crippen molar-refractivity contribution in [3.8, 4) is 0 Å². The highest BCUT2D eigenvalue weighted by atomic mass is 32.2. The molecule has 1 N–H and O–H groups in total. The SMILES string of the molecule is C.COC(=O)N1CCC(c2ccc(CC3C(C)(C)OC(=N[C@@H](C)c4ccccc4F)NS3(=O)=O)cn2)CC1. The van der Waals surface area contributed by atoms with E-state index in [2.05, 4.69) is 14.7 Å². The Bertz CT molecular complexity index is 1260. The first-order valence-electron chi connectivity index (χ1n) is 12.3. The van der Waals surface area contributed by atoms with Crippen LogP contribution in [-0.4, -0.2) is 61.5 Å². The molecular weight excluding hydrogens is 511 g/mol. The van der Waals surface area contributed by atoms with E-state index < -0.39 is 32.7 Å². The van der Waals surface area contributed by atoms with Gasteiger partial charge in [-0.15, -0.1) is 0 Å². The second kappa shape index (κ2) is 11.7. The number of methoxy groups -OCH3 is 1. The highest BCUT2D eigenvalue weighted by Crippen LogP contribution is 2.31. The minimum atomic E-state index is -3.84. The lowest BCUT2D eigenvalue weighted by molar-refractivity contribution is 0.0761. The van der Waals surface area contributed by atoms with Gasteiger partial charge in [0.2, 0.25) is 10.0 Å². The lowest BCUT2D eigenvalue weighted by Crippen LogP contribution is -2.59. The fourth-order valence-corrected chi connectivity index (χ4v) is 6.56. The summed E-state index contributed by atoms with van der Waals surface area (Å²) in [5, 5.41) is -0.890. The minimum Gasteiger partial charge on any atom is -0.457 e. The van der Waals surface area contributed by atoms with Gasteiger partial charge in [-0.3, -0.25) is 4.98 Å². The number of sulfonamides is 1. The van der Waals surface area contributed by atoms with Gasteiger partial charge in [-0.2, -0.15) is 0 Å². The van der Waals surface area contributed by atoms with Crippen molar-refractivity contribution in [3.05, 3.63) is 65.2 Å². The van der Waals surface area contributed by atoms with Gasteiger partial charge in [0.25, 0.3) is 6.02 Å². The van der Waals surface area contributed by atoms with Crippen molar-refractivity contribution < 1.29 is 27.1 Å². The van der Waals surface area contributed by atoms with Crippen LogP contribution in [0.15, 0.2) is 47.6 Å². The zero-order chi connectivity index (χ0) is 26.8. The molecule has 1 aromatic carbocycles. The van der Waals surface area contributed by atoms with Gasteiger partial charge in [0.15, 0.2) is 0 Å². The van der Waals surface area contributed by atoms with E-state index in [1.807, 2.05) is 12.1 Å². The standard InChI is InChI=1S/C26H33FN4O5S.CH4/c1-17(20-7-5-6-8-21(20)27)29-24-30-37(33,34)23(26(2,3)36-24)15-18-9-10-22(28-16-18)19-11-13-31(14-12-19)25(32)35-4;/h5-10,16-17,19,23H,11-15H2,1-4H3,(H,29,30);1H4/t17-,23?;/m0./s1. The molecule has 1 amide bonds. The van der Waals surface area contributed by atoms with Crippen LogP contribution in [0.3, 0.4) is 0 Å². The Hall–Kier alpha value is -3.21. The van der Waals surface area contributed by atoms with Crippen LogP contribution >= 0.6 is 0 Å². The van der Waals surface area contributed by atoms with Crippen LogP contribution < -0.4 is 4.72 Å². The minimum absolute atomic E-state index is 0. The number of ether oxygens (including phenoxy) is 2. The van der Waals surface area contributed by atoms with Crippen LogP contribution in [0.5, 0.6) is 0 Å². The number of amides is 1. The van der Waals surface area contributed by atoms with E-state index in [1.165, 1.54) is 13.2 Å². The molecule has 2 atom stereocenters. The molecule has 4 rings (SSSR count). The van der Waals surface area contributed by atoms with Crippen molar-refractivity contribution in [2.45, 2.75) is 70.3 Å². The number of pyridine rings is 1. The van der Waals surface area contributed by atoms with E-state index >= 15 is 0 Å². The Balaban J connectivity index is 0.00000400. The number of likely N-dealkylation sites (tertiary alicyclic amines) is 1. The number of halogens is 1. The van der Waals surface area contributed by atoms with Gasteiger partial charge in [-0.05, 0) is 57.7 Å². The third-order valence-electron chi connectivity index (χ3n) is 7.02. The van der Waals surface area contributed by atoms with Crippen LogP contribution in [-0.2, 0) is 25.9 Å². The van der Waals surface area contributed by atoms with Crippen LogP contribution in [0.4, 0.5) is 9.18 Å². The summed E-state index contributed by atoms with van der Waals surface area (Å²) in [5.74, 6) is -0.190. The monoisotopic (exact) mass is 548 g/mol. The second-order valence-electron chi connectivity index (χ2n) is 10.00. The first-order chi connectivity index (χ1) is 17.5. The normalized spacial score (nSPS) is 22.5. The number of carbonyl (C=O) groups is 1. The summed E-state index contributed by atoms with van der Waals surface area (Å²) in [6.07, 6.45) is 3.17. The summed E-state index contributed by atoms with van der Waals surface area (Å²) in [6.45, 7) is 6.30. The Kier molecular flexibility index (Phi) is 9.01. The van der Waals surface area contributed by atoms with Crippen LogP contribution in [0.25, 0.3) is 0 Å². The summed E-state index contributed by atoms with van der Waals surface area (Å²) < 4.78 is 53.7. The first kappa shape index (κ1) is 29.3. The number of nitrogens with zero attached hydrogens (tertiary/aromatic N) is 3. The summed E-state index contributed by atoms with van der Waals surface area (Å²) in [6, 6.07) is 9.26. The van der Waals surface area contributed by atoms with Gasteiger partial charge >= 0.3 is 6.09 Å². The Morgan fingerprint density at radius 3 is 2.53 bits per heavy atom. The average Bonchev–Trinajstić information content (AvgIpc) is 2.86. The van der Waals surface area contributed by atoms with Crippen molar-refractivity contribution in [3.63, 3.8) is 0 Å². The van der Waals surface area contributed by atoms with E-state index in [4.69, 9.17) is 9.47 Å². The fraction of sp³-hybridized carbons (Fsp3) is 0.519. The van der Waals surface area contributed by atoms with Gasteiger partial charge in [0, 0.05) is 36.5 Å². The Morgan fingerprint density at radius 1 is 1.26 bits per heavy atom. The molecule has 0 radical (unpaired) electrons. The molecule has 0 saturated carbocycles. The van der Waals surface area contributed by atoms with Crippen molar-refractivity contribution in [1.82, 2.24) is 14.6 Å². The molecule has 0 spiro atoms. The number of hydrogen-bond donors (Lipinski definition) is 1. The lowest BCUT2D eigenvalue weighted by atomic mass is 9.92. The molecular formula is C27H37FN4O5S. The van der Waals surface area contributed by atoms with Crippen molar-refractivity contribution in [2.24, 2.45) is 4.99 Å². The van der Waals surface area contributed by atoms with E-state index in [9.17, 15) is 17.6 Å². The molecule has 2 aliphatic rings. The largest absolute Gasteiger partial charge is 0.457 e. The molecule has 38 heavy (non-hydrogen) atoms. The molecule has 0 bridgehead atoms. The van der Waals surface area contributed by atoms with Gasteiger partial charge in [-0.25, -0.2) is 27.3 Å². The number of benzene rings is 1. The zero-order valence-electron chi connectivity index (χ0n) is 21.5. The second-order valence-corrected chi connectivity index (χ2v) is 11.9. The maximum atomic E-state index is 14.1. The Labute approximate surface area is 224 Å². The third kappa shape index (κ3) is 6.43. The summed E-state index contributed by atoms with van der Waals surface area (Å²) in [5.41, 5.74) is 0.949. The number of hydrogen-bond acceptors (Lipinski definition) is 7. The van der Waals surface area contributed by atoms with Gasteiger partial charge in [0.1, 0.15) is 16.7 Å². The van der Waals surface area contributed by atoms with E-state index in [-0.39, 0.29) is 31.9 Å². The molecule has 1 unspecified atom stereocenters. The topological polar surface area (TPSA) is 110 Å². The zero-order valence-corrected chi connectivity index (χ0v) is 22.3. The number of rotatable bonds is 5. The number of carbonyl (C=O) groups excluding carboxylic acids is 1. The van der Waals surface area contributed by atoms with Crippen LogP contribution in [0, 0.1) is 5.82 Å². The quantitative estimate of drug-likeness (QED) is 0.587. The smallest absolute Gasteiger partial charge is 0.409 e. The molecule has 208 valence electrons. The number of aliphatic imine (C=N–C) groups is 1. The predicted octanol–water partition coefficient (Wildman–Crippen LogP) is 4.56. The van der Waals surface area contributed by atoms with Crippen molar-refractivity contribution in [1.29, 1.82) is 0 Å². The fourth-order valence-electron chi connectivity index (χ4n) is 4.87. The summed E-state index contributed by atoms with van der Waals surface area (Å²) in [4.78, 5) is 22.3. The highest BCUT2D eigenvalue weighted by Gasteiger charge is 2.47. The predicted molar refractivity (Wildman–Crippen MR) is 144 cm³/mol. The van der Waals surface area contributed by atoms with Crippen LogP contribution in [0.1, 0.15) is 69.8 Å². The number of nitrogens with one attached hydrogen (secondary N) is 1. The maximum absolute atomic E-state index is 14.1. The summed E-state index contributed by atoms with van der Waals surface area (Å²) in [7, 11) is -2.46. The van der Waals surface area contributed by atoms with E-state index in [1.54, 1.807) is 50.1 Å². The Morgan fingerprint density at radius 2 is 1.95 bits per heavy atom. The number of piperidine rings is 1. The third-order valence-corrected chi connectivity index (χ3v) is 8.96. The molecule has 2 saturated heterocycles. The molecule has 1 aromatic heterocycles. The highest BCUT2D eigenvalue weighted by molar-refractivity contribution is 7.90. The average molecular weight is 549 g/mol. The molecule has 2 aliphatic heterocycles. The molecule has 2 aromatic rings. The van der Waals surface area contributed by atoms with Gasteiger partial charge in [0.05, 0.1) is 13.2 Å². The van der Waals surface area contributed by atoms with Crippen LogP contribution in [0.2, 0.25) is 0 Å². The molecule has 9 nitrogen and oxygen atoms in total. The van der Waals surface area contributed by atoms with Gasteiger partial charge < -0.3 is 14.4 Å². The molecule has 3 heterocycles.